The molecule has 224 valence electrons. The maximum absolute atomic E-state index is 13.2. The molecule has 0 saturated carbocycles. The van der Waals surface area contributed by atoms with Gasteiger partial charge in [0.2, 0.25) is 0 Å². The molecule has 2 heterocycles. The fraction of sp³-hybridized carbons (Fsp3) is 0.0800. The number of aromatic nitrogens is 2. The summed E-state index contributed by atoms with van der Waals surface area (Å²) < 4.78 is 77.5. The van der Waals surface area contributed by atoms with Crippen molar-refractivity contribution in [1.82, 2.24) is 9.78 Å². The lowest BCUT2D eigenvalue weighted by Gasteiger charge is -2.13. The van der Waals surface area contributed by atoms with Gasteiger partial charge in [0, 0.05) is 0 Å². The van der Waals surface area contributed by atoms with Crippen molar-refractivity contribution in [3.05, 3.63) is 87.9 Å². The summed E-state index contributed by atoms with van der Waals surface area (Å²) in [6.45, 7) is 0. The van der Waals surface area contributed by atoms with Gasteiger partial charge in [-0.2, -0.15) is 10.1 Å². The second-order valence-corrected chi connectivity index (χ2v) is 11.2. The van der Waals surface area contributed by atoms with Gasteiger partial charge in [-0.05, 0) is 60.7 Å². The van der Waals surface area contributed by atoms with E-state index >= 15 is 0 Å². The van der Waals surface area contributed by atoms with Gasteiger partial charge in [-0.1, -0.05) is 6.08 Å². The van der Waals surface area contributed by atoms with E-state index in [4.69, 9.17) is 4.74 Å². The number of allylic oxidation sites excluding steroid dienone is 2. The van der Waals surface area contributed by atoms with Gasteiger partial charge in [-0.3, -0.25) is 14.7 Å². The van der Waals surface area contributed by atoms with Gasteiger partial charge in [0.05, 0.1) is 46.5 Å². The van der Waals surface area contributed by atoms with Crippen LogP contribution in [-0.2, 0) is 39.3 Å². The minimum Gasteiger partial charge on any atom is -0.744 e. The summed E-state index contributed by atoms with van der Waals surface area (Å²) in [5.41, 5.74) is -2.03. The lowest BCUT2D eigenvalue weighted by molar-refractivity contribution is -0.132. The van der Waals surface area contributed by atoms with E-state index in [1.54, 1.807) is 0 Å². The van der Waals surface area contributed by atoms with Gasteiger partial charge in [0.25, 0.3) is 11.5 Å². The molecule has 1 aliphatic heterocycles. The number of anilines is 1. The number of hydrogen-bond acceptors (Lipinski definition) is 13. The van der Waals surface area contributed by atoms with Crippen LogP contribution in [0.15, 0.2) is 85.9 Å². The Morgan fingerprint density at radius 1 is 0.837 bits per heavy atom. The van der Waals surface area contributed by atoms with Crippen LogP contribution in [0.5, 0.6) is 0 Å². The van der Waals surface area contributed by atoms with E-state index in [9.17, 15) is 45.1 Å². The number of H-pyrrole nitrogens is 1. The summed E-state index contributed by atoms with van der Waals surface area (Å²) >= 11 is 0. The van der Waals surface area contributed by atoms with Gasteiger partial charge in [0.15, 0.2) is 11.4 Å². The van der Waals surface area contributed by atoms with Crippen LogP contribution >= 0.6 is 0 Å². The van der Waals surface area contributed by atoms with E-state index in [0.29, 0.717) is 0 Å². The number of benzene rings is 2. The van der Waals surface area contributed by atoms with E-state index in [2.05, 4.69) is 14.9 Å². The first-order chi connectivity index (χ1) is 20.2. The molecule has 3 aromatic rings. The number of carbonyl (C=O) groups is 3. The number of hydrogen-bond donors (Lipinski definition) is 1. The number of methoxy groups -OCH3 is 2. The van der Waals surface area contributed by atoms with Crippen LogP contribution in [0, 0.1) is 0 Å². The molecular formula is C25H18N4O12S2-2. The average Bonchev–Trinajstić information content (AvgIpc) is 3.47. The molecule has 1 amide bonds. The van der Waals surface area contributed by atoms with E-state index in [-0.39, 0.29) is 28.2 Å². The SMILES string of the molecule is COC(=O)C1=NN(c2ccc(S(=O)(=O)[O-])cc2)C(=O)C1=CC=Cc1c(C(=O)OC)[nH]n(-c2ccc(S(=O)(=O)[O-])cc2)c1=O. The van der Waals surface area contributed by atoms with Crippen LogP contribution in [0.1, 0.15) is 16.1 Å². The number of nitrogens with zero attached hydrogens (tertiary/aromatic N) is 3. The second kappa shape index (κ2) is 11.6. The minimum atomic E-state index is -4.76. The number of amides is 1. The Bertz CT molecular complexity index is 2000. The number of esters is 2. The summed E-state index contributed by atoms with van der Waals surface area (Å²) in [6.07, 6.45) is 3.40. The predicted molar refractivity (Wildman–Crippen MR) is 144 cm³/mol. The van der Waals surface area contributed by atoms with Crippen molar-refractivity contribution in [3.63, 3.8) is 0 Å². The molecule has 1 aromatic heterocycles. The molecule has 43 heavy (non-hydrogen) atoms. The highest BCUT2D eigenvalue weighted by molar-refractivity contribution is 7.86. The zero-order valence-electron chi connectivity index (χ0n) is 21.9. The molecular weight excluding hydrogens is 612 g/mol. The van der Waals surface area contributed by atoms with Gasteiger partial charge in [-0.15, -0.1) is 0 Å². The third-order valence-electron chi connectivity index (χ3n) is 5.85. The fourth-order valence-electron chi connectivity index (χ4n) is 3.79. The summed E-state index contributed by atoms with van der Waals surface area (Å²) in [7, 11) is -7.40. The van der Waals surface area contributed by atoms with Crippen molar-refractivity contribution in [3.8, 4) is 5.69 Å². The Hall–Kier alpha value is -5.17. The molecule has 0 aliphatic carbocycles. The van der Waals surface area contributed by atoms with Crippen LogP contribution in [0.25, 0.3) is 11.8 Å². The Morgan fingerprint density at radius 3 is 1.84 bits per heavy atom. The first-order valence-corrected chi connectivity index (χ1v) is 14.4. The molecule has 1 aliphatic rings. The summed E-state index contributed by atoms with van der Waals surface area (Å²) in [5.74, 6) is -2.81. The monoisotopic (exact) mass is 630 g/mol. The van der Waals surface area contributed by atoms with Crippen molar-refractivity contribution < 1.29 is 49.8 Å². The second-order valence-electron chi connectivity index (χ2n) is 8.43. The van der Waals surface area contributed by atoms with Crippen molar-refractivity contribution in [2.24, 2.45) is 5.10 Å². The minimum absolute atomic E-state index is 0.0171. The first kappa shape index (κ1) is 30.8. The number of hydrazone groups is 1. The molecule has 0 bridgehead atoms. The van der Waals surface area contributed by atoms with Crippen LogP contribution in [0.3, 0.4) is 0 Å². The highest BCUT2D eigenvalue weighted by Gasteiger charge is 2.35. The van der Waals surface area contributed by atoms with Crippen molar-refractivity contribution >= 4 is 55.6 Å². The lowest BCUT2D eigenvalue weighted by atomic mass is 10.1. The van der Waals surface area contributed by atoms with E-state index in [1.807, 2.05) is 0 Å². The summed E-state index contributed by atoms with van der Waals surface area (Å²) in [4.78, 5) is 50.0. The van der Waals surface area contributed by atoms with Crippen molar-refractivity contribution in [2.45, 2.75) is 9.79 Å². The highest BCUT2D eigenvalue weighted by Crippen LogP contribution is 2.26. The number of carbonyl (C=O) groups excluding carboxylic acids is 3. The molecule has 1 N–H and O–H groups in total. The summed E-state index contributed by atoms with van der Waals surface area (Å²) in [6, 6.07) is 8.43. The van der Waals surface area contributed by atoms with Gasteiger partial charge >= 0.3 is 11.9 Å². The van der Waals surface area contributed by atoms with Gasteiger partial charge in [0.1, 0.15) is 20.2 Å². The number of aromatic amines is 1. The molecule has 0 radical (unpaired) electrons. The molecule has 16 nitrogen and oxygen atoms in total. The van der Waals surface area contributed by atoms with Crippen LogP contribution in [0.4, 0.5) is 5.69 Å². The van der Waals surface area contributed by atoms with Gasteiger partial charge < -0.3 is 18.6 Å². The third-order valence-corrected chi connectivity index (χ3v) is 7.55. The van der Waals surface area contributed by atoms with E-state index in [1.165, 1.54) is 0 Å². The molecule has 0 atom stereocenters. The van der Waals surface area contributed by atoms with Crippen molar-refractivity contribution in [1.29, 1.82) is 0 Å². The summed E-state index contributed by atoms with van der Waals surface area (Å²) in [5, 5.41) is 7.24. The van der Waals surface area contributed by atoms with Crippen LogP contribution in [-0.4, -0.2) is 73.5 Å². The molecule has 4 rings (SSSR count). The van der Waals surface area contributed by atoms with Crippen LogP contribution < -0.4 is 10.6 Å². The topological polar surface area (TPSA) is 237 Å². The first-order valence-electron chi connectivity index (χ1n) is 11.6. The predicted octanol–water partition coefficient (Wildman–Crippen LogP) is 0.276. The standard InChI is InChI=1S/C25H20N4O12S2/c1-40-24(32)20-18(22(30)28(26-20)14-6-10-16(11-7-14)42(34,35)36)4-3-5-19-21(25(33)41-2)27-29(23(19)31)15-8-12-17(13-9-15)43(37,38)39/h3-13,26H,1-2H3,(H,34,35,36)(H,37,38,39)/p-2. The molecule has 0 fully saturated rings. The van der Waals surface area contributed by atoms with E-state index < -0.39 is 59.1 Å². The Labute approximate surface area is 242 Å². The number of rotatable bonds is 8. The zero-order valence-corrected chi connectivity index (χ0v) is 23.5. The van der Waals surface area contributed by atoms with Crippen LogP contribution in [0.2, 0.25) is 0 Å². The zero-order chi connectivity index (χ0) is 31.7. The van der Waals surface area contributed by atoms with E-state index in [0.717, 1.165) is 90.7 Å². The molecule has 2 aromatic carbocycles. The van der Waals surface area contributed by atoms with Gasteiger partial charge in [-0.25, -0.2) is 31.1 Å². The maximum atomic E-state index is 13.2. The maximum Gasteiger partial charge on any atom is 0.359 e. The third kappa shape index (κ3) is 6.21. The molecule has 0 spiro atoms. The normalized spacial score (nSPS) is 14.8. The Balaban J connectivity index is 1.73. The smallest absolute Gasteiger partial charge is 0.359 e. The fourth-order valence-corrected chi connectivity index (χ4v) is 4.73. The molecule has 0 unspecified atom stereocenters. The molecule has 0 saturated heterocycles. The number of nitrogens with one attached hydrogen (secondary N) is 1. The Kier molecular flexibility index (Phi) is 8.31. The quantitative estimate of drug-likeness (QED) is 0.201. The largest absolute Gasteiger partial charge is 0.744 e. The van der Waals surface area contributed by atoms with Crippen molar-refractivity contribution in [2.75, 3.05) is 19.2 Å². The Morgan fingerprint density at radius 2 is 1.35 bits per heavy atom. The average molecular weight is 631 g/mol. The molecule has 18 heteroatoms. The highest BCUT2D eigenvalue weighted by atomic mass is 32.2. The lowest BCUT2D eigenvalue weighted by Crippen LogP contribution is -2.22. The number of ether oxygens (including phenoxy) is 2.